The number of carbonyl (C=O) groups is 1. The van der Waals surface area contributed by atoms with E-state index in [0.29, 0.717) is 49.4 Å². The predicted octanol–water partition coefficient (Wildman–Crippen LogP) is 2.60. The van der Waals surface area contributed by atoms with Gasteiger partial charge in [0.05, 0.1) is 11.7 Å². The van der Waals surface area contributed by atoms with Gasteiger partial charge in [-0.1, -0.05) is 6.42 Å². The molecule has 29 heavy (non-hydrogen) atoms. The van der Waals surface area contributed by atoms with Crippen LogP contribution in [-0.2, 0) is 13.0 Å². The Balaban J connectivity index is 1.32. The summed E-state index contributed by atoms with van der Waals surface area (Å²) in [4.78, 5) is 26.8. The van der Waals surface area contributed by atoms with Gasteiger partial charge in [-0.3, -0.25) is 9.69 Å². The Morgan fingerprint density at radius 3 is 2.86 bits per heavy atom. The van der Waals surface area contributed by atoms with Gasteiger partial charge in [-0.15, -0.1) is 0 Å². The lowest BCUT2D eigenvalue weighted by Crippen LogP contribution is -2.37. The van der Waals surface area contributed by atoms with Crippen molar-refractivity contribution in [2.75, 3.05) is 33.4 Å². The molecule has 7 nitrogen and oxygen atoms in total. The first-order chi connectivity index (χ1) is 14.2. The summed E-state index contributed by atoms with van der Waals surface area (Å²) in [6.07, 6.45) is 6.27. The van der Waals surface area contributed by atoms with E-state index < -0.39 is 0 Å². The number of fused-ring (bicyclic) bond motifs is 2. The van der Waals surface area contributed by atoms with E-state index in [0.717, 1.165) is 36.5 Å². The molecule has 4 heterocycles. The number of amides is 1. The minimum absolute atomic E-state index is 0.00344. The third-order valence-corrected chi connectivity index (χ3v) is 6.10. The molecule has 1 saturated heterocycles. The Kier molecular flexibility index (Phi) is 4.83. The second-order valence-electron chi connectivity index (χ2n) is 8.03. The fraction of sp³-hybridized carbons (Fsp3) is 0.500. The van der Waals surface area contributed by atoms with E-state index in [-0.39, 0.29) is 5.91 Å². The number of hydrogen-bond acceptors (Lipinski definition) is 6. The maximum Gasteiger partial charge on any atom is 0.254 e. The molecule has 1 aromatic heterocycles. The summed E-state index contributed by atoms with van der Waals surface area (Å²) in [6.45, 7) is 3.36. The normalized spacial score (nSPS) is 21.6. The summed E-state index contributed by atoms with van der Waals surface area (Å²) in [6, 6.07) is 5.72. The smallest absolute Gasteiger partial charge is 0.254 e. The van der Waals surface area contributed by atoms with Crippen LogP contribution in [0.4, 0.5) is 0 Å². The van der Waals surface area contributed by atoms with E-state index in [1.807, 2.05) is 23.2 Å². The highest BCUT2D eigenvalue weighted by Gasteiger charge is 2.27. The molecule has 2 aromatic rings. The minimum atomic E-state index is 0.00344. The summed E-state index contributed by atoms with van der Waals surface area (Å²) in [7, 11) is 2.15. The molecule has 7 heteroatoms. The Labute approximate surface area is 170 Å². The van der Waals surface area contributed by atoms with Gasteiger partial charge in [0, 0.05) is 36.8 Å². The SMILES string of the molecule is CN1CCCC[C@H]1c1ncc2c(n1)CCN(C(=O)c1ccc3c(c1)OCCO3)C2. The van der Waals surface area contributed by atoms with Crippen LogP contribution in [0.1, 0.15) is 52.7 Å². The van der Waals surface area contributed by atoms with E-state index in [4.69, 9.17) is 14.5 Å². The lowest BCUT2D eigenvalue weighted by molar-refractivity contribution is 0.0731. The summed E-state index contributed by atoms with van der Waals surface area (Å²) in [5.74, 6) is 2.27. The van der Waals surface area contributed by atoms with Crippen LogP contribution in [-0.4, -0.2) is 59.0 Å². The number of rotatable bonds is 2. The molecule has 5 rings (SSSR count). The number of hydrogen-bond donors (Lipinski definition) is 0. The number of aromatic nitrogens is 2. The number of benzene rings is 1. The molecule has 0 saturated carbocycles. The number of nitrogens with zero attached hydrogens (tertiary/aromatic N) is 4. The third kappa shape index (κ3) is 3.55. The van der Waals surface area contributed by atoms with Gasteiger partial charge >= 0.3 is 0 Å². The standard InChI is InChI=1S/C22H26N4O3/c1-25-8-3-2-4-18(25)21-23-13-16-14-26(9-7-17(16)24-21)22(27)15-5-6-19-20(12-15)29-11-10-28-19/h5-6,12-13,18H,2-4,7-11,14H2,1H3/t18-/m0/s1. The first-order valence-corrected chi connectivity index (χ1v) is 10.4. The molecule has 0 aliphatic carbocycles. The van der Waals surface area contributed by atoms with Crippen molar-refractivity contribution in [1.29, 1.82) is 0 Å². The molecule has 3 aliphatic rings. The maximum atomic E-state index is 13.0. The maximum absolute atomic E-state index is 13.0. The Hall–Kier alpha value is -2.67. The molecule has 152 valence electrons. The quantitative estimate of drug-likeness (QED) is 0.780. The van der Waals surface area contributed by atoms with Gasteiger partial charge in [0.15, 0.2) is 11.5 Å². The molecule has 0 spiro atoms. The van der Waals surface area contributed by atoms with Crippen molar-refractivity contribution in [1.82, 2.24) is 19.8 Å². The van der Waals surface area contributed by atoms with Crippen molar-refractivity contribution >= 4 is 5.91 Å². The van der Waals surface area contributed by atoms with Crippen LogP contribution in [0.2, 0.25) is 0 Å². The van der Waals surface area contributed by atoms with Gasteiger partial charge in [-0.25, -0.2) is 9.97 Å². The van der Waals surface area contributed by atoms with Gasteiger partial charge in [-0.2, -0.15) is 0 Å². The molecular weight excluding hydrogens is 368 g/mol. The highest BCUT2D eigenvalue weighted by molar-refractivity contribution is 5.95. The van der Waals surface area contributed by atoms with Crippen molar-refractivity contribution in [3.8, 4) is 11.5 Å². The van der Waals surface area contributed by atoms with Crippen molar-refractivity contribution in [2.45, 2.75) is 38.3 Å². The van der Waals surface area contributed by atoms with Gasteiger partial charge < -0.3 is 14.4 Å². The average Bonchev–Trinajstić information content (AvgIpc) is 2.78. The number of piperidine rings is 1. The molecule has 0 N–H and O–H groups in total. The Bertz CT molecular complexity index is 932. The molecule has 0 radical (unpaired) electrons. The van der Waals surface area contributed by atoms with Crippen molar-refractivity contribution in [2.24, 2.45) is 0 Å². The van der Waals surface area contributed by atoms with Gasteiger partial charge in [0.1, 0.15) is 19.0 Å². The van der Waals surface area contributed by atoms with Crippen molar-refractivity contribution in [3.63, 3.8) is 0 Å². The molecule has 0 bridgehead atoms. The molecule has 3 aliphatic heterocycles. The Morgan fingerprint density at radius 2 is 2.00 bits per heavy atom. The van der Waals surface area contributed by atoms with E-state index in [1.54, 1.807) is 6.07 Å². The van der Waals surface area contributed by atoms with Crippen LogP contribution in [0.15, 0.2) is 24.4 Å². The van der Waals surface area contributed by atoms with E-state index >= 15 is 0 Å². The largest absolute Gasteiger partial charge is 0.486 e. The fourth-order valence-electron chi connectivity index (χ4n) is 4.43. The zero-order valence-electron chi connectivity index (χ0n) is 16.8. The highest BCUT2D eigenvalue weighted by atomic mass is 16.6. The second kappa shape index (κ2) is 7.63. The molecular formula is C22H26N4O3. The second-order valence-corrected chi connectivity index (χ2v) is 8.03. The van der Waals surface area contributed by atoms with Crippen molar-refractivity contribution in [3.05, 3.63) is 47.0 Å². The van der Waals surface area contributed by atoms with E-state index in [1.165, 1.54) is 12.8 Å². The molecule has 1 atom stereocenters. The summed E-state index contributed by atoms with van der Waals surface area (Å²) in [5, 5.41) is 0. The summed E-state index contributed by atoms with van der Waals surface area (Å²) < 4.78 is 11.2. The zero-order chi connectivity index (χ0) is 19.8. The van der Waals surface area contributed by atoms with Gasteiger partial charge in [-0.05, 0) is 44.6 Å². The van der Waals surface area contributed by atoms with Crippen LogP contribution < -0.4 is 9.47 Å². The highest BCUT2D eigenvalue weighted by Crippen LogP contribution is 2.32. The number of ether oxygens (including phenoxy) is 2. The van der Waals surface area contributed by atoms with E-state index in [2.05, 4.69) is 16.9 Å². The molecule has 0 unspecified atom stereocenters. The fourth-order valence-corrected chi connectivity index (χ4v) is 4.43. The average molecular weight is 394 g/mol. The van der Waals surface area contributed by atoms with Crippen LogP contribution in [0, 0.1) is 0 Å². The van der Waals surface area contributed by atoms with Crippen LogP contribution >= 0.6 is 0 Å². The predicted molar refractivity (Wildman–Crippen MR) is 107 cm³/mol. The number of likely N-dealkylation sites (tertiary alicyclic amines) is 1. The topological polar surface area (TPSA) is 67.8 Å². The summed E-state index contributed by atoms with van der Waals surface area (Å²) >= 11 is 0. The minimum Gasteiger partial charge on any atom is -0.486 e. The first kappa shape index (κ1) is 18.4. The molecule has 1 aromatic carbocycles. The van der Waals surface area contributed by atoms with Gasteiger partial charge in [0.2, 0.25) is 0 Å². The number of carbonyl (C=O) groups excluding carboxylic acids is 1. The third-order valence-electron chi connectivity index (χ3n) is 6.10. The zero-order valence-corrected chi connectivity index (χ0v) is 16.8. The van der Waals surface area contributed by atoms with Crippen LogP contribution in [0.3, 0.4) is 0 Å². The van der Waals surface area contributed by atoms with Gasteiger partial charge in [0.25, 0.3) is 5.91 Å². The lowest BCUT2D eigenvalue weighted by Gasteiger charge is -2.33. The molecule has 1 fully saturated rings. The monoisotopic (exact) mass is 394 g/mol. The summed E-state index contributed by atoms with van der Waals surface area (Å²) in [5.41, 5.74) is 2.75. The lowest BCUT2D eigenvalue weighted by atomic mass is 10.0. The van der Waals surface area contributed by atoms with Crippen LogP contribution in [0.5, 0.6) is 11.5 Å². The molecule has 1 amide bonds. The van der Waals surface area contributed by atoms with Crippen LogP contribution in [0.25, 0.3) is 0 Å². The van der Waals surface area contributed by atoms with Crippen molar-refractivity contribution < 1.29 is 14.3 Å². The first-order valence-electron chi connectivity index (χ1n) is 10.4. The Morgan fingerprint density at radius 1 is 1.14 bits per heavy atom. The van der Waals surface area contributed by atoms with E-state index in [9.17, 15) is 4.79 Å².